The minimum Gasteiger partial charge on any atom is -0.496 e. The van der Waals surface area contributed by atoms with E-state index in [9.17, 15) is 0 Å². The molecular weight excluding hydrogens is 218 g/mol. The molecular formula is C12H15N3O2. The molecule has 0 unspecified atom stereocenters. The molecule has 2 N–H and O–H groups in total. The normalized spacial score (nSPS) is 10.6. The Bertz CT molecular complexity index is 535. The number of rotatable bonds is 3. The summed E-state index contributed by atoms with van der Waals surface area (Å²) >= 11 is 0. The third-order valence-electron chi connectivity index (χ3n) is 2.70. The highest BCUT2D eigenvalue weighted by Crippen LogP contribution is 2.30. The number of benzene rings is 1. The lowest BCUT2D eigenvalue weighted by Crippen LogP contribution is -1.96. The highest BCUT2D eigenvalue weighted by atomic mass is 16.5. The standard InChI is InChI=1S/C12H15N3O2/c1-7-4-9(10(16-3)5-8(7)2)12-14-11(6-13)17-15-12/h4-5H,6,13H2,1-3H3. The molecule has 5 heteroatoms. The van der Waals surface area contributed by atoms with Crippen LogP contribution >= 0.6 is 0 Å². The molecule has 0 amide bonds. The summed E-state index contributed by atoms with van der Waals surface area (Å²) in [5, 5.41) is 3.89. The summed E-state index contributed by atoms with van der Waals surface area (Å²) in [5.74, 6) is 1.66. The van der Waals surface area contributed by atoms with Gasteiger partial charge in [-0.3, -0.25) is 0 Å². The van der Waals surface area contributed by atoms with E-state index in [0.29, 0.717) is 11.7 Å². The van der Waals surface area contributed by atoms with Crippen LogP contribution in [-0.2, 0) is 6.54 Å². The SMILES string of the molecule is COc1cc(C)c(C)cc1-c1noc(CN)n1. The van der Waals surface area contributed by atoms with Gasteiger partial charge in [0.05, 0.1) is 19.2 Å². The van der Waals surface area contributed by atoms with Gasteiger partial charge in [-0.1, -0.05) is 5.16 Å². The molecule has 2 rings (SSSR count). The van der Waals surface area contributed by atoms with E-state index in [-0.39, 0.29) is 6.54 Å². The largest absolute Gasteiger partial charge is 0.496 e. The highest BCUT2D eigenvalue weighted by Gasteiger charge is 2.14. The van der Waals surface area contributed by atoms with E-state index in [1.54, 1.807) is 7.11 Å². The Balaban J connectivity index is 2.53. The smallest absolute Gasteiger partial charge is 0.240 e. The molecule has 0 saturated carbocycles. The molecule has 0 radical (unpaired) electrons. The molecule has 1 heterocycles. The van der Waals surface area contributed by atoms with Gasteiger partial charge in [0.1, 0.15) is 5.75 Å². The van der Waals surface area contributed by atoms with E-state index in [2.05, 4.69) is 10.1 Å². The first kappa shape index (κ1) is 11.6. The van der Waals surface area contributed by atoms with Crippen molar-refractivity contribution in [2.45, 2.75) is 20.4 Å². The van der Waals surface area contributed by atoms with E-state index in [1.807, 2.05) is 26.0 Å². The van der Waals surface area contributed by atoms with Crippen LogP contribution < -0.4 is 10.5 Å². The zero-order valence-corrected chi connectivity index (χ0v) is 10.2. The van der Waals surface area contributed by atoms with Crippen molar-refractivity contribution in [2.75, 3.05) is 7.11 Å². The number of methoxy groups -OCH3 is 1. The van der Waals surface area contributed by atoms with E-state index in [0.717, 1.165) is 22.4 Å². The maximum Gasteiger partial charge on any atom is 0.240 e. The average molecular weight is 233 g/mol. The van der Waals surface area contributed by atoms with Crippen LogP contribution in [0.3, 0.4) is 0 Å². The fraction of sp³-hybridized carbons (Fsp3) is 0.333. The third kappa shape index (κ3) is 2.14. The Morgan fingerprint density at radius 1 is 1.29 bits per heavy atom. The van der Waals surface area contributed by atoms with Gasteiger partial charge in [0.2, 0.25) is 11.7 Å². The number of nitrogens with two attached hydrogens (primary N) is 1. The van der Waals surface area contributed by atoms with Crippen molar-refractivity contribution in [2.24, 2.45) is 5.73 Å². The van der Waals surface area contributed by atoms with Gasteiger partial charge in [-0.05, 0) is 37.1 Å². The second-order valence-corrected chi connectivity index (χ2v) is 3.85. The molecule has 90 valence electrons. The van der Waals surface area contributed by atoms with E-state index in [1.165, 1.54) is 0 Å². The molecule has 0 spiro atoms. The average Bonchev–Trinajstić information content (AvgIpc) is 2.80. The summed E-state index contributed by atoms with van der Waals surface area (Å²) in [5.41, 5.74) is 8.57. The molecule has 0 aliphatic heterocycles. The monoisotopic (exact) mass is 233 g/mol. The van der Waals surface area contributed by atoms with Gasteiger partial charge in [-0.2, -0.15) is 4.98 Å². The number of hydrogen-bond acceptors (Lipinski definition) is 5. The summed E-state index contributed by atoms with van der Waals surface area (Å²) in [6.07, 6.45) is 0. The van der Waals surface area contributed by atoms with E-state index < -0.39 is 0 Å². The topological polar surface area (TPSA) is 74.2 Å². The van der Waals surface area contributed by atoms with Gasteiger partial charge >= 0.3 is 0 Å². The van der Waals surface area contributed by atoms with Crippen molar-refractivity contribution in [3.05, 3.63) is 29.2 Å². The quantitative estimate of drug-likeness (QED) is 0.875. The summed E-state index contributed by atoms with van der Waals surface area (Å²) in [6.45, 7) is 4.30. The van der Waals surface area contributed by atoms with Crippen LogP contribution in [0.5, 0.6) is 5.75 Å². The van der Waals surface area contributed by atoms with Crippen LogP contribution in [0.15, 0.2) is 16.7 Å². The molecule has 2 aromatic rings. The molecule has 0 aliphatic rings. The molecule has 0 fully saturated rings. The summed E-state index contributed by atoms with van der Waals surface area (Å²) in [4.78, 5) is 4.20. The van der Waals surface area contributed by atoms with Crippen molar-refractivity contribution < 1.29 is 9.26 Å². The van der Waals surface area contributed by atoms with Gasteiger partial charge in [-0.25, -0.2) is 0 Å². The number of aromatic nitrogens is 2. The fourth-order valence-electron chi connectivity index (χ4n) is 1.58. The second-order valence-electron chi connectivity index (χ2n) is 3.85. The highest BCUT2D eigenvalue weighted by molar-refractivity contribution is 5.66. The van der Waals surface area contributed by atoms with Crippen LogP contribution in [0.25, 0.3) is 11.4 Å². The van der Waals surface area contributed by atoms with Crippen molar-refractivity contribution in [3.63, 3.8) is 0 Å². The fourth-order valence-corrected chi connectivity index (χ4v) is 1.58. The number of nitrogens with zero attached hydrogens (tertiary/aromatic N) is 2. The predicted octanol–water partition coefficient (Wildman–Crippen LogP) is 1.82. The Hall–Kier alpha value is -1.88. The summed E-state index contributed by atoms with van der Waals surface area (Å²) < 4.78 is 10.3. The van der Waals surface area contributed by atoms with Crippen molar-refractivity contribution in [1.82, 2.24) is 10.1 Å². The zero-order valence-electron chi connectivity index (χ0n) is 10.2. The van der Waals surface area contributed by atoms with Crippen LogP contribution in [0.1, 0.15) is 17.0 Å². The molecule has 5 nitrogen and oxygen atoms in total. The van der Waals surface area contributed by atoms with Gasteiger partial charge < -0.3 is 15.0 Å². The van der Waals surface area contributed by atoms with Crippen LogP contribution in [0, 0.1) is 13.8 Å². The first-order chi connectivity index (χ1) is 8.15. The second kappa shape index (κ2) is 4.55. The minimum absolute atomic E-state index is 0.236. The Kier molecular flexibility index (Phi) is 3.10. The third-order valence-corrected chi connectivity index (χ3v) is 2.70. The first-order valence-electron chi connectivity index (χ1n) is 5.34. The lowest BCUT2D eigenvalue weighted by atomic mass is 10.0. The van der Waals surface area contributed by atoms with Crippen LogP contribution in [0.2, 0.25) is 0 Å². The van der Waals surface area contributed by atoms with Crippen molar-refractivity contribution in [1.29, 1.82) is 0 Å². The van der Waals surface area contributed by atoms with Crippen molar-refractivity contribution in [3.8, 4) is 17.1 Å². The Morgan fingerprint density at radius 2 is 2.00 bits per heavy atom. The van der Waals surface area contributed by atoms with Crippen LogP contribution in [-0.4, -0.2) is 17.3 Å². The molecule has 1 aromatic heterocycles. The maximum absolute atomic E-state index is 5.44. The first-order valence-corrected chi connectivity index (χ1v) is 5.34. The van der Waals surface area contributed by atoms with Crippen molar-refractivity contribution >= 4 is 0 Å². The lowest BCUT2D eigenvalue weighted by Gasteiger charge is -2.08. The minimum atomic E-state index is 0.236. The molecule has 0 bridgehead atoms. The zero-order chi connectivity index (χ0) is 12.4. The molecule has 0 aliphatic carbocycles. The Labute approximate surface area is 99.6 Å². The molecule has 0 saturated heterocycles. The predicted molar refractivity (Wildman–Crippen MR) is 63.7 cm³/mol. The van der Waals surface area contributed by atoms with Gasteiger partial charge in [0.25, 0.3) is 0 Å². The molecule has 0 atom stereocenters. The van der Waals surface area contributed by atoms with E-state index >= 15 is 0 Å². The van der Waals surface area contributed by atoms with Gasteiger partial charge in [-0.15, -0.1) is 0 Å². The summed E-state index contributed by atoms with van der Waals surface area (Å²) in [6, 6.07) is 3.95. The molecule has 17 heavy (non-hydrogen) atoms. The van der Waals surface area contributed by atoms with Crippen LogP contribution in [0.4, 0.5) is 0 Å². The number of aryl methyl sites for hydroxylation is 2. The lowest BCUT2D eigenvalue weighted by molar-refractivity contribution is 0.380. The molecule has 1 aromatic carbocycles. The maximum atomic E-state index is 5.44. The van der Waals surface area contributed by atoms with Gasteiger partial charge in [0, 0.05) is 0 Å². The summed E-state index contributed by atoms with van der Waals surface area (Å²) in [7, 11) is 1.62. The number of ether oxygens (including phenoxy) is 1. The number of hydrogen-bond donors (Lipinski definition) is 1. The van der Waals surface area contributed by atoms with E-state index in [4.69, 9.17) is 15.0 Å². The Morgan fingerprint density at radius 3 is 2.59 bits per heavy atom. The van der Waals surface area contributed by atoms with Gasteiger partial charge in [0.15, 0.2) is 0 Å².